The number of hydrogen-bond donors (Lipinski definition) is 2. The molecule has 0 bridgehead atoms. The number of aromatic nitrogens is 3. The molecule has 3 N–H and O–H groups in total. The number of nitrogens with zero attached hydrogens (tertiary/aromatic N) is 5. The molecule has 3 unspecified atom stereocenters. The van der Waals surface area contributed by atoms with Gasteiger partial charge in [-0.2, -0.15) is 0 Å². The van der Waals surface area contributed by atoms with Crippen molar-refractivity contribution in [3.05, 3.63) is 57.2 Å². The smallest absolute Gasteiger partial charge is 0.159 e. The van der Waals surface area contributed by atoms with Gasteiger partial charge in [0.1, 0.15) is 17.7 Å². The number of hydrazine groups is 1. The normalized spacial score (nSPS) is 27.4. The molecule has 0 radical (unpaired) electrons. The maximum absolute atomic E-state index is 6.28. The van der Waals surface area contributed by atoms with Crippen LogP contribution in [-0.2, 0) is 0 Å². The van der Waals surface area contributed by atoms with Crippen LogP contribution in [-0.4, -0.2) is 26.3 Å². The fourth-order valence-electron chi connectivity index (χ4n) is 4.80. The van der Waals surface area contributed by atoms with Gasteiger partial charge in [-0.05, 0) is 63.0 Å². The van der Waals surface area contributed by atoms with Gasteiger partial charge in [0.15, 0.2) is 5.82 Å². The fourth-order valence-corrected chi connectivity index (χ4v) is 6.46. The average molecular weight is 484 g/mol. The lowest BCUT2D eigenvalue weighted by atomic mass is 9.86. The van der Waals surface area contributed by atoms with E-state index in [1.54, 1.807) is 0 Å². The molecule has 7 nitrogen and oxygen atoms in total. The van der Waals surface area contributed by atoms with Gasteiger partial charge in [0, 0.05) is 28.8 Å². The molecule has 174 valence electrons. The van der Waals surface area contributed by atoms with E-state index in [9.17, 15) is 0 Å². The lowest BCUT2D eigenvalue weighted by molar-refractivity contribution is 0.562. The number of rotatable bonds is 5. The van der Waals surface area contributed by atoms with Crippen LogP contribution in [0.5, 0.6) is 0 Å². The Morgan fingerprint density at radius 3 is 2.73 bits per heavy atom. The van der Waals surface area contributed by atoms with Gasteiger partial charge in [0.05, 0.1) is 11.3 Å². The number of aliphatic imine (C=N–C) groups is 2. The fraction of sp³-hybridized carbons (Fsp3) is 0.500. The van der Waals surface area contributed by atoms with Crippen LogP contribution in [0.4, 0.5) is 0 Å². The topological polar surface area (TPSA) is 93.5 Å². The number of thioether (sulfide) groups is 1. The van der Waals surface area contributed by atoms with Gasteiger partial charge in [0.2, 0.25) is 0 Å². The third-order valence-corrected chi connectivity index (χ3v) is 8.66. The largest absolute Gasteiger partial charge is 0.312 e. The van der Waals surface area contributed by atoms with Crippen LogP contribution in [0.25, 0.3) is 0 Å². The molecule has 9 heteroatoms. The van der Waals surface area contributed by atoms with Crippen molar-refractivity contribution in [3.63, 3.8) is 0 Å². The molecular weight excluding hydrogens is 454 g/mol. The van der Waals surface area contributed by atoms with Crippen LogP contribution in [0.1, 0.15) is 69.0 Å². The highest BCUT2D eigenvalue weighted by molar-refractivity contribution is 8.03. The van der Waals surface area contributed by atoms with Crippen molar-refractivity contribution < 1.29 is 0 Å². The van der Waals surface area contributed by atoms with E-state index < -0.39 is 0 Å². The molecule has 0 amide bonds. The van der Waals surface area contributed by atoms with Crippen LogP contribution < -0.4 is 11.3 Å². The number of amidine groups is 1. The summed E-state index contributed by atoms with van der Waals surface area (Å²) in [5, 5.41) is 10.1. The van der Waals surface area contributed by atoms with Crippen molar-refractivity contribution in [2.45, 2.75) is 64.3 Å². The van der Waals surface area contributed by atoms with Crippen LogP contribution in [0.15, 0.2) is 55.5 Å². The Balaban J connectivity index is 1.61. The molecule has 0 spiro atoms. The Bertz CT molecular complexity index is 1150. The van der Waals surface area contributed by atoms with E-state index in [0.717, 1.165) is 53.8 Å². The maximum atomic E-state index is 6.28. The maximum Gasteiger partial charge on any atom is 0.159 e. The first-order chi connectivity index (χ1) is 15.9. The first-order valence-electron chi connectivity index (χ1n) is 11.5. The summed E-state index contributed by atoms with van der Waals surface area (Å²) in [6.07, 6.45) is 8.67. The summed E-state index contributed by atoms with van der Waals surface area (Å²) < 4.78 is 2.27. The van der Waals surface area contributed by atoms with Crippen molar-refractivity contribution >= 4 is 34.9 Å². The van der Waals surface area contributed by atoms with Gasteiger partial charge < -0.3 is 5.43 Å². The standard InChI is InChI=1S/C24H30ClN7S/c1-12-14(3)33-24-21(12)22(17-7-9-18(25)10-8-17)28-19(23-31-30-15(4)32(23)24)11-20(29-26)27-13(2)16-5-6-16/h7,9,16,19,21,24H,2,5-6,8,10-11,26H2,1,3-4H3,(H,27,29). The molecule has 5 rings (SSSR count). The van der Waals surface area contributed by atoms with Gasteiger partial charge in [-0.3, -0.25) is 9.56 Å². The number of fused-ring (bicyclic) bond motifs is 3. The van der Waals surface area contributed by atoms with Crippen LogP contribution in [0.3, 0.4) is 0 Å². The zero-order valence-electron chi connectivity index (χ0n) is 19.3. The molecule has 1 aromatic heterocycles. The van der Waals surface area contributed by atoms with Gasteiger partial charge in [-0.15, -0.1) is 22.0 Å². The van der Waals surface area contributed by atoms with Gasteiger partial charge >= 0.3 is 0 Å². The summed E-state index contributed by atoms with van der Waals surface area (Å²) in [6.45, 7) is 10.6. The number of nitrogens with two attached hydrogens (primary N) is 1. The molecule has 4 aliphatic rings. The lowest BCUT2D eigenvalue weighted by Crippen LogP contribution is -2.32. The summed E-state index contributed by atoms with van der Waals surface area (Å²) in [6, 6.07) is -0.246. The number of nitrogens with one attached hydrogen (secondary N) is 1. The molecule has 0 aromatic carbocycles. The van der Waals surface area contributed by atoms with Crippen LogP contribution >= 0.6 is 23.4 Å². The minimum Gasteiger partial charge on any atom is -0.312 e. The van der Waals surface area contributed by atoms with E-state index >= 15 is 0 Å². The Kier molecular flexibility index (Phi) is 6.09. The number of allylic oxidation sites excluding steroid dienone is 7. The second-order valence-electron chi connectivity index (χ2n) is 9.21. The zero-order chi connectivity index (χ0) is 23.3. The summed E-state index contributed by atoms with van der Waals surface area (Å²) in [4.78, 5) is 11.4. The molecule has 33 heavy (non-hydrogen) atoms. The lowest BCUT2D eigenvalue weighted by Gasteiger charge is -2.25. The molecule has 0 saturated heterocycles. The Morgan fingerprint density at radius 2 is 2.06 bits per heavy atom. The predicted molar refractivity (Wildman–Crippen MR) is 136 cm³/mol. The SMILES string of the molecule is C=C(N=C(CC1N=C(C2=CC=C(Cl)CC2)C2C(C)=C(C)SC2n2c(C)nnc21)NN)C1CC1. The molecule has 1 fully saturated rings. The van der Waals surface area contributed by atoms with Gasteiger partial charge in [-0.1, -0.05) is 29.8 Å². The molecule has 3 atom stereocenters. The van der Waals surface area contributed by atoms with Crippen molar-refractivity contribution in [1.82, 2.24) is 20.2 Å². The zero-order valence-corrected chi connectivity index (χ0v) is 20.9. The third-order valence-electron chi connectivity index (χ3n) is 6.95. The second kappa shape index (κ2) is 8.89. The monoisotopic (exact) mass is 483 g/mol. The molecule has 3 heterocycles. The summed E-state index contributed by atoms with van der Waals surface area (Å²) in [5.41, 5.74) is 7.40. The van der Waals surface area contributed by atoms with Crippen LogP contribution in [0.2, 0.25) is 0 Å². The highest BCUT2D eigenvalue weighted by Gasteiger charge is 2.43. The summed E-state index contributed by atoms with van der Waals surface area (Å²) in [7, 11) is 0. The quantitative estimate of drug-likeness (QED) is 0.258. The summed E-state index contributed by atoms with van der Waals surface area (Å²) in [5.74, 6) is 8.97. The van der Waals surface area contributed by atoms with Crippen molar-refractivity contribution in [2.24, 2.45) is 27.7 Å². The average Bonchev–Trinajstić information content (AvgIpc) is 3.54. The van der Waals surface area contributed by atoms with E-state index in [1.807, 2.05) is 24.8 Å². The van der Waals surface area contributed by atoms with E-state index in [2.05, 4.69) is 46.7 Å². The minimum absolute atomic E-state index is 0.147. The second-order valence-corrected chi connectivity index (χ2v) is 11.0. The Hall–Kier alpha value is -2.16. The van der Waals surface area contributed by atoms with Gasteiger partial charge in [0.25, 0.3) is 0 Å². The molecule has 1 saturated carbocycles. The predicted octanol–water partition coefficient (Wildman–Crippen LogP) is 5.26. The highest BCUT2D eigenvalue weighted by Crippen LogP contribution is 2.53. The molecule has 1 aromatic rings. The minimum atomic E-state index is -0.246. The number of aryl methyl sites for hydroxylation is 1. The summed E-state index contributed by atoms with van der Waals surface area (Å²) >= 11 is 8.16. The first kappa shape index (κ1) is 22.6. The highest BCUT2D eigenvalue weighted by atomic mass is 35.5. The van der Waals surface area contributed by atoms with Crippen molar-refractivity contribution in [2.75, 3.05) is 0 Å². The number of hydrogen-bond acceptors (Lipinski definition) is 6. The first-order valence-corrected chi connectivity index (χ1v) is 12.7. The van der Waals surface area contributed by atoms with Crippen LogP contribution in [0, 0.1) is 18.8 Å². The third kappa shape index (κ3) is 4.24. The van der Waals surface area contributed by atoms with E-state index in [-0.39, 0.29) is 17.3 Å². The van der Waals surface area contributed by atoms with Gasteiger partial charge in [-0.25, -0.2) is 10.8 Å². The van der Waals surface area contributed by atoms with Crippen molar-refractivity contribution in [1.29, 1.82) is 0 Å². The molecular formula is C24H30ClN7S. The van der Waals surface area contributed by atoms with E-state index in [4.69, 9.17) is 27.4 Å². The Morgan fingerprint density at radius 1 is 1.27 bits per heavy atom. The van der Waals surface area contributed by atoms with E-state index in [1.165, 1.54) is 16.1 Å². The molecule has 2 aliphatic carbocycles. The number of halogens is 1. The van der Waals surface area contributed by atoms with Crippen molar-refractivity contribution in [3.8, 4) is 0 Å². The molecule has 2 aliphatic heterocycles. The van der Waals surface area contributed by atoms with E-state index in [0.29, 0.717) is 18.2 Å². The Labute approximate surface area is 204 Å².